The van der Waals surface area contributed by atoms with Gasteiger partial charge in [-0.3, -0.25) is 9.59 Å². The van der Waals surface area contributed by atoms with E-state index in [4.69, 9.17) is 4.74 Å². The first-order chi connectivity index (χ1) is 16.2. The first-order valence-electron chi connectivity index (χ1n) is 11.5. The number of ether oxygens (including phenoxy) is 1. The summed E-state index contributed by atoms with van der Waals surface area (Å²) in [5.41, 5.74) is 0.105. The van der Waals surface area contributed by atoms with Crippen molar-refractivity contribution in [1.29, 1.82) is 0 Å². The predicted octanol–water partition coefficient (Wildman–Crippen LogP) is 2.23. The number of sulfonamides is 1. The van der Waals surface area contributed by atoms with Crippen molar-refractivity contribution in [1.82, 2.24) is 15.0 Å². The van der Waals surface area contributed by atoms with Gasteiger partial charge >= 0.3 is 0 Å². The smallest absolute Gasteiger partial charge is 0.284 e. The minimum absolute atomic E-state index is 0.0321. The molecule has 178 valence electrons. The molecule has 2 heterocycles. The third-order valence-electron chi connectivity index (χ3n) is 7.06. The molecule has 3 aliphatic rings. The van der Waals surface area contributed by atoms with E-state index in [1.54, 1.807) is 18.7 Å². The lowest BCUT2D eigenvalue weighted by molar-refractivity contribution is -0.130. The van der Waals surface area contributed by atoms with E-state index in [1.807, 2.05) is 25.1 Å². The van der Waals surface area contributed by atoms with Crippen LogP contribution in [0.4, 0.5) is 0 Å². The number of hydrogen-bond donors (Lipinski definition) is 2. The number of hydrogen-bond acceptors (Lipinski definition) is 7. The topological polar surface area (TPSA) is 114 Å². The van der Waals surface area contributed by atoms with Gasteiger partial charge in [0.15, 0.2) is 5.78 Å². The number of nitrogens with zero attached hydrogens (tertiary/aromatic N) is 1. The second-order valence-corrected chi connectivity index (χ2v) is 11.5. The molecule has 1 aromatic carbocycles. The lowest BCUT2D eigenvalue weighted by Crippen LogP contribution is -2.42. The Balaban J connectivity index is 1.23. The van der Waals surface area contributed by atoms with Crippen molar-refractivity contribution in [3.63, 3.8) is 0 Å². The van der Waals surface area contributed by atoms with Crippen LogP contribution in [-0.4, -0.2) is 49.0 Å². The van der Waals surface area contributed by atoms with Gasteiger partial charge in [-0.1, -0.05) is 23.8 Å². The van der Waals surface area contributed by atoms with E-state index in [2.05, 4.69) is 27.7 Å². The molecule has 8 nitrogen and oxygen atoms in total. The Kier molecular flexibility index (Phi) is 5.64. The number of fused-ring (bicyclic) bond motifs is 1. The molecule has 3 fully saturated rings. The summed E-state index contributed by atoms with van der Waals surface area (Å²) >= 11 is 0. The van der Waals surface area contributed by atoms with Crippen molar-refractivity contribution in [3.05, 3.63) is 55.1 Å². The maximum absolute atomic E-state index is 13.1. The summed E-state index contributed by atoms with van der Waals surface area (Å²) in [5, 5.41) is 4.54. The molecule has 1 unspecified atom stereocenters. The van der Waals surface area contributed by atoms with E-state index < -0.39 is 32.6 Å². The predicted molar refractivity (Wildman–Crippen MR) is 127 cm³/mol. The third-order valence-corrected chi connectivity index (χ3v) is 8.71. The average molecular weight is 483 g/mol. The Morgan fingerprint density at radius 3 is 2.88 bits per heavy atom. The van der Waals surface area contributed by atoms with Crippen LogP contribution in [0.1, 0.15) is 31.2 Å². The minimum Gasteiger partial charge on any atom is -0.472 e. The Hall–Kier alpha value is -2.91. The van der Waals surface area contributed by atoms with Crippen molar-refractivity contribution in [2.45, 2.75) is 50.0 Å². The fourth-order valence-corrected chi connectivity index (χ4v) is 6.03. The zero-order chi connectivity index (χ0) is 24.1. The molecule has 1 saturated heterocycles. The highest BCUT2D eigenvalue weighted by Gasteiger charge is 2.61. The summed E-state index contributed by atoms with van der Waals surface area (Å²) in [6.45, 7) is 6.26. The standard InChI is InChI=1S/C25H27N3O5S/c1-3-17-12-25(17,24(30)28-34(31,32)19-5-6-19)13-22(29)21-11-18(14-27-21)33-23-20-7-4-15(2)10-16(20)8-9-26-23/h3-5,7-10,17-19,21,27H,1,6,11-14H2,2H3/p+1/t17-,18-,19?,21+,25-/m1/s1. The molecule has 9 heteroatoms. The lowest BCUT2D eigenvalue weighted by atomic mass is 9.92. The molecular formula is C25H28N3O5S+. The number of aromatic nitrogens is 1. The van der Waals surface area contributed by atoms with E-state index in [1.165, 1.54) is 0 Å². The highest BCUT2D eigenvalue weighted by Crippen LogP contribution is 2.56. The number of benzene rings is 1. The normalized spacial score (nSPS) is 29.8. The number of allylic oxidation sites excluding steroid dienone is 1. The van der Waals surface area contributed by atoms with Crippen LogP contribution in [0.5, 0.6) is 5.88 Å². The highest BCUT2D eigenvalue weighted by molar-refractivity contribution is 7.91. The molecule has 0 radical (unpaired) electrons. The molecule has 1 aromatic heterocycles. The first kappa shape index (κ1) is 22.9. The van der Waals surface area contributed by atoms with Crippen LogP contribution in [0, 0.1) is 24.7 Å². The van der Waals surface area contributed by atoms with Crippen LogP contribution in [0.3, 0.4) is 0 Å². The largest absolute Gasteiger partial charge is 0.472 e. The van der Waals surface area contributed by atoms with Gasteiger partial charge in [-0.2, -0.15) is 0 Å². The van der Waals surface area contributed by atoms with E-state index in [-0.39, 0.29) is 24.2 Å². The van der Waals surface area contributed by atoms with Gasteiger partial charge in [-0.25, -0.2) is 18.1 Å². The number of aryl methyl sites for hydroxylation is 1. The van der Waals surface area contributed by atoms with Crippen LogP contribution in [0.25, 0.3) is 10.8 Å². The monoisotopic (exact) mass is 482 g/mol. The zero-order valence-electron chi connectivity index (χ0n) is 19.0. The quantitative estimate of drug-likeness (QED) is 0.416. The van der Waals surface area contributed by atoms with Crippen LogP contribution in [0.2, 0.25) is 0 Å². The maximum Gasteiger partial charge on any atom is 0.284 e. The number of carbonyl (C=O) groups is 2. The number of pyridine rings is 1. The molecule has 2 saturated carbocycles. The van der Waals surface area contributed by atoms with E-state index >= 15 is 0 Å². The first-order valence-corrected chi connectivity index (χ1v) is 13.1. The summed E-state index contributed by atoms with van der Waals surface area (Å²) in [4.78, 5) is 30.4. The molecule has 5 rings (SSSR count). The van der Waals surface area contributed by atoms with Crippen LogP contribution in [0.15, 0.2) is 43.1 Å². The number of nitrogens with one attached hydrogen (secondary N) is 2. The van der Waals surface area contributed by atoms with E-state index in [0.29, 0.717) is 31.7 Å². The van der Waals surface area contributed by atoms with Gasteiger partial charge in [-0.05, 0) is 36.8 Å². The third kappa shape index (κ3) is 4.30. The molecule has 2 aliphatic carbocycles. The fraction of sp³-hybridized carbons (Fsp3) is 0.440. The summed E-state index contributed by atoms with van der Waals surface area (Å²) in [6.07, 6.45) is 6.01. The van der Waals surface area contributed by atoms with Gasteiger partial charge in [0.1, 0.15) is 18.9 Å². The molecule has 1 amide bonds. The number of ketones is 1. The SMILES string of the molecule is C=C[C@@H]1C[C@]1(CC(=O)[C@@H]1C[C@@H](Oc2nccc3cc(C)ccc23)CN1)C(=O)NS(=O)(=O)C1[CH+]C1. The van der Waals surface area contributed by atoms with Crippen LogP contribution < -0.4 is 14.8 Å². The van der Waals surface area contributed by atoms with E-state index in [0.717, 1.165) is 16.3 Å². The molecule has 2 aromatic rings. The molecular weight excluding hydrogens is 454 g/mol. The summed E-state index contributed by atoms with van der Waals surface area (Å²) in [5.74, 6) is -0.412. The average Bonchev–Trinajstić information content (AvgIpc) is 3.71. The molecule has 34 heavy (non-hydrogen) atoms. The summed E-state index contributed by atoms with van der Waals surface area (Å²) < 4.78 is 32.8. The van der Waals surface area contributed by atoms with Crippen molar-refractivity contribution in [2.24, 2.45) is 11.3 Å². The van der Waals surface area contributed by atoms with Gasteiger partial charge in [0.05, 0.1) is 11.5 Å². The van der Waals surface area contributed by atoms with Gasteiger partial charge in [0, 0.05) is 31.0 Å². The molecule has 0 bridgehead atoms. The van der Waals surface area contributed by atoms with Gasteiger partial charge in [-0.15, -0.1) is 6.58 Å². The van der Waals surface area contributed by atoms with Crippen LogP contribution >= 0.6 is 0 Å². The molecule has 2 N–H and O–H groups in total. The fourth-order valence-electron chi connectivity index (χ4n) is 4.80. The second kappa shape index (κ2) is 8.39. The minimum atomic E-state index is -3.72. The van der Waals surface area contributed by atoms with Crippen molar-refractivity contribution in [3.8, 4) is 5.88 Å². The van der Waals surface area contributed by atoms with Crippen LogP contribution in [-0.2, 0) is 19.6 Å². The Labute approximate surface area is 199 Å². The Morgan fingerprint density at radius 2 is 2.18 bits per heavy atom. The Morgan fingerprint density at radius 1 is 1.38 bits per heavy atom. The molecule has 1 aliphatic heterocycles. The summed E-state index contributed by atoms with van der Waals surface area (Å²) in [6, 6.07) is 7.53. The number of carbonyl (C=O) groups excluding carboxylic acids is 2. The summed E-state index contributed by atoms with van der Waals surface area (Å²) in [7, 11) is -3.72. The maximum atomic E-state index is 13.1. The lowest BCUT2D eigenvalue weighted by Gasteiger charge is -2.18. The Bertz CT molecular complexity index is 1270. The molecule has 5 atom stereocenters. The number of amides is 1. The van der Waals surface area contributed by atoms with Gasteiger partial charge in [0.2, 0.25) is 11.8 Å². The van der Waals surface area contributed by atoms with Gasteiger partial charge in [0.25, 0.3) is 15.3 Å². The van der Waals surface area contributed by atoms with Crippen molar-refractivity contribution in [2.75, 3.05) is 6.54 Å². The zero-order valence-corrected chi connectivity index (χ0v) is 19.8. The second-order valence-electron chi connectivity index (χ2n) is 9.61. The number of rotatable bonds is 9. The van der Waals surface area contributed by atoms with E-state index in [9.17, 15) is 18.0 Å². The number of Topliss-reactive ketones (excluding diaryl/α,β-unsaturated/α-hetero) is 1. The van der Waals surface area contributed by atoms with Crippen molar-refractivity contribution >= 4 is 32.5 Å². The van der Waals surface area contributed by atoms with Crippen molar-refractivity contribution < 1.29 is 22.7 Å². The molecule has 0 spiro atoms. The highest BCUT2D eigenvalue weighted by atomic mass is 32.2. The van der Waals surface area contributed by atoms with Gasteiger partial charge < -0.3 is 10.1 Å².